The second-order valence-corrected chi connectivity index (χ2v) is 4.44. The maximum Gasteiger partial charge on any atom is 0.129 e. The molecule has 0 spiro atoms. The lowest BCUT2D eigenvalue weighted by Gasteiger charge is -2.08. The second kappa shape index (κ2) is 4.62. The summed E-state index contributed by atoms with van der Waals surface area (Å²) in [5.41, 5.74) is 9.46. The zero-order chi connectivity index (χ0) is 12.4. The highest BCUT2D eigenvalue weighted by molar-refractivity contribution is 5.77. The monoisotopic (exact) mass is 229 g/mol. The molecule has 1 atom stereocenters. The van der Waals surface area contributed by atoms with Gasteiger partial charge in [0.25, 0.3) is 0 Å². The number of hydrogen-bond donors (Lipinski definition) is 1. The summed E-state index contributed by atoms with van der Waals surface area (Å²) in [5, 5.41) is 4.55. The summed E-state index contributed by atoms with van der Waals surface area (Å²) in [7, 11) is 1.90. The Morgan fingerprint density at radius 1 is 1.29 bits per heavy atom. The fourth-order valence-corrected chi connectivity index (χ4v) is 2.00. The van der Waals surface area contributed by atoms with E-state index < -0.39 is 0 Å². The number of aromatic nitrogens is 2. The maximum atomic E-state index is 6.13. The van der Waals surface area contributed by atoms with Crippen molar-refractivity contribution >= 4 is 5.82 Å². The molecule has 1 aromatic carbocycles. The van der Waals surface area contributed by atoms with E-state index in [9.17, 15) is 0 Å². The molecular weight excluding hydrogens is 210 g/mol. The van der Waals surface area contributed by atoms with Crippen molar-refractivity contribution in [3.63, 3.8) is 0 Å². The van der Waals surface area contributed by atoms with E-state index in [-0.39, 0.29) is 0 Å². The third kappa shape index (κ3) is 2.05. The molecule has 0 saturated heterocycles. The third-order valence-corrected chi connectivity index (χ3v) is 3.26. The van der Waals surface area contributed by atoms with Gasteiger partial charge < -0.3 is 5.73 Å². The Labute approximate surface area is 102 Å². The molecule has 0 fully saturated rings. The van der Waals surface area contributed by atoms with Gasteiger partial charge in [-0.2, -0.15) is 5.10 Å². The van der Waals surface area contributed by atoms with Crippen molar-refractivity contribution < 1.29 is 0 Å². The van der Waals surface area contributed by atoms with Gasteiger partial charge in [-0.25, -0.2) is 0 Å². The van der Waals surface area contributed by atoms with Crippen molar-refractivity contribution in [3.8, 4) is 11.1 Å². The van der Waals surface area contributed by atoms with E-state index in [1.54, 1.807) is 4.68 Å². The number of aryl methyl sites for hydroxylation is 1. The van der Waals surface area contributed by atoms with E-state index in [1.165, 1.54) is 0 Å². The molecule has 0 saturated carbocycles. The molecule has 2 rings (SSSR count). The molecule has 1 heterocycles. The van der Waals surface area contributed by atoms with Gasteiger partial charge in [-0.1, -0.05) is 44.2 Å². The molecule has 0 aliphatic heterocycles. The topological polar surface area (TPSA) is 43.8 Å². The Bertz CT molecular complexity index is 500. The van der Waals surface area contributed by atoms with Crippen LogP contribution >= 0.6 is 0 Å². The van der Waals surface area contributed by atoms with Crippen molar-refractivity contribution in [1.29, 1.82) is 0 Å². The predicted octanol–water partition coefficient (Wildman–Crippen LogP) is 3.18. The van der Waals surface area contributed by atoms with Crippen molar-refractivity contribution in [2.45, 2.75) is 26.2 Å². The summed E-state index contributed by atoms with van der Waals surface area (Å²) in [4.78, 5) is 0. The molecule has 0 amide bonds. The Morgan fingerprint density at radius 2 is 1.94 bits per heavy atom. The molecular formula is C14H19N3. The van der Waals surface area contributed by atoms with Crippen LogP contribution in [0.3, 0.4) is 0 Å². The van der Waals surface area contributed by atoms with Crippen LogP contribution < -0.4 is 5.73 Å². The number of nitrogens with zero attached hydrogens (tertiary/aromatic N) is 2. The lowest BCUT2D eigenvalue weighted by Crippen LogP contribution is -1.98. The van der Waals surface area contributed by atoms with Crippen LogP contribution in [0.25, 0.3) is 11.1 Å². The van der Waals surface area contributed by atoms with Gasteiger partial charge in [0.2, 0.25) is 0 Å². The molecule has 2 N–H and O–H groups in total. The number of anilines is 1. The van der Waals surface area contributed by atoms with E-state index in [0.717, 1.165) is 29.1 Å². The SMILES string of the molecule is CCC(C)c1nn(C)c(N)c1-c1ccccc1. The fraction of sp³-hybridized carbons (Fsp3) is 0.357. The highest BCUT2D eigenvalue weighted by Gasteiger charge is 2.19. The number of benzene rings is 1. The van der Waals surface area contributed by atoms with E-state index in [0.29, 0.717) is 5.92 Å². The molecule has 0 aliphatic carbocycles. The Balaban J connectivity index is 2.60. The average molecular weight is 229 g/mol. The van der Waals surface area contributed by atoms with Crippen LogP contribution in [0, 0.1) is 0 Å². The summed E-state index contributed by atoms with van der Waals surface area (Å²) in [6.07, 6.45) is 1.07. The summed E-state index contributed by atoms with van der Waals surface area (Å²) in [5.74, 6) is 1.17. The minimum Gasteiger partial charge on any atom is -0.383 e. The van der Waals surface area contributed by atoms with Crippen molar-refractivity contribution in [2.75, 3.05) is 5.73 Å². The minimum atomic E-state index is 0.425. The van der Waals surface area contributed by atoms with Gasteiger partial charge in [0, 0.05) is 18.5 Å². The quantitative estimate of drug-likeness (QED) is 0.878. The number of rotatable bonds is 3. The van der Waals surface area contributed by atoms with E-state index in [1.807, 2.05) is 25.2 Å². The standard InChI is InChI=1S/C14H19N3/c1-4-10(2)13-12(14(15)17(3)16-13)11-8-6-5-7-9-11/h5-10H,4,15H2,1-3H3. The first kappa shape index (κ1) is 11.7. The van der Waals surface area contributed by atoms with Crippen LogP contribution in [-0.2, 0) is 7.05 Å². The van der Waals surface area contributed by atoms with Gasteiger partial charge in [0.15, 0.2) is 0 Å². The van der Waals surface area contributed by atoms with Gasteiger partial charge in [0.05, 0.1) is 5.69 Å². The largest absolute Gasteiger partial charge is 0.383 e. The van der Waals surface area contributed by atoms with Crippen LogP contribution in [0.5, 0.6) is 0 Å². The Hall–Kier alpha value is -1.77. The lowest BCUT2D eigenvalue weighted by atomic mass is 9.96. The summed E-state index contributed by atoms with van der Waals surface area (Å²) < 4.78 is 1.77. The molecule has 3 nitrogen and oxygen atoms in total. The van der Waals surface area contributed by atoms with Gasteiger partial charge in [-0.3, -0.25) is 4.68 Å². The van der Waals surface area contributed by atoms with Crippen molar-refractivity contribution in [1.82, 2.24) is 9.78 Å². The van der Waals surface area contributed by atoms with Crippen LogP contribution in [0.1, 0.15) is 31.9 Å². The summed E-state index contributed by atoms with van der Waals surface area (Å²) >= 11 is 0. The second-order valence-electron chi connectivity index (χ2n) is 4.44. The molecule has 17 heavy (non-hydrogen) atoms. The lowest BCUT2D eigenvalue weighted by molar-refractivity contribution is 0.668. The molecule has 0 radical (unpaired) electrons. The van der Waals surface area contributed by atoms with Gasteiger partial charge in [0.1, 0.15) is 5.82 Å². The van der Waals surface area contributed by atoms with Crippen LogP contribution in [-0.4, -0.2) is 9.78 Å². The summed E-state index contributed by atoms with van der Waals surface area (Å²) in [6.45, 7) is 4.36. The van der Waals surface area contributed by atoms with Crippen molar-refractivity contribution in [3.05, 3.63) is 36.0 Å². The Kier molecular flexibility index (Phi) is 3.18. The molecule has 1 unspecified atom stereocenters. The summed E-state index contributed by atoms with van der Waals surface area (Å²) in [6, 6.07) is 10.2. The van der Waals surface area contributed by atoms with Gasteiger partial charge >= 0.3 is 0 Å². The normalized spacial score (nSPS) is 12.6. The number of nitrogens with two attached hydrogens (primary N) is 1. The average Bonchev–Trinajstić information content (AvgIpc) is 2.66. The smallest absolute Gasteiger partial charge is 0.129 e. The van der Waals surface area contributed by atoms with Gasteiger partial charge in [-0.15, -0.1) is 0 Å². The third-order valence-electron chi connectivity index (χ3n) is 3.26. The predicted molar refractivity (Wildman–Crippen MR) is 71.8 cm³/mol. The molecule has 90 valence electrons. The van der Waals surface area contributed by atoms with Crippen LogP contribution in [0.2, 0.25) is 0 Å². The Morgan fingerprint density at radius 3 is 2.53 bits per heavy atom. The van der Waals surface area contributed by atoms with Crippen molar-refractivity contribution in [2.24, 2.45) is 7.05 Å². The zero-order valence-corrected chi connectivity index (χ0v) is 10.6. The van der Waals surface area contributed by atoms with E-state index >= 15 is 0 Å². The van der Waals surface area contributed by atoms with Crippen LogP contribution in [0.4, 0.5) is 5.82 Å². The fourth-order valence-electron chi connectivity index (χ4n) is 2.00. The molecule has 1 aromatic heterocycles. The molecule has 3 heteroatoms. The van der Waals surface area contributed by atoms with Crippen LogP contribution in [0.15, 0.2) is 30.3 Å². The first-order valence-electron chi connectivity index (χ1n) is 6.03. The highest BCUT2D eigenvalue weighted by atomic mass is 15.3. The maximum absolute atomic E-state index is 6.13. The van der Waals surface area contributed by atoms with E-state index in [4.69, 9.17) is 5.73 Å². The molecule has 2 aromatic rings. The minimum absolute atomic E-state index is 0.425. The van der Waals surface area contributed by atoms with E-state index in [2.05, 4.69) is 31.1 Å². The molecule has 0 aliphatic rings. The highest BCUT2D eigenvalue weighted by Crippen LogP contribution is 2.34. The number of nitrogen functional groups attached to an aromatic ring is 1. The first-order valence-corrected chi connectivity index (χ1v) is 6.03. The zero-order valence-electron chi connectivity index (χ0n) is 10.6. The van der Waals surface area contributed by atoms with Gasteiger partial charge in [-0.05, 0) is 12.0 Å². The first-order chi connectivity index (χ1) is 8.15. The number of hydrogen-bond acceptors (Lipinski definition) is 2. The molecule has 0 bridgehead atoms.